The molecule has 6 aliphatic carbocycles. The molecule has 0 aromatic heterocycles. The fourth-order valence-corrected chi connectivity index (χ4v) is 13.2. The number of carbonyl (C=O) groups excluding carboxylic acids is 3. The number of carboxylic acids is 1. The monoisotopic (exact) mass is 709 g/mol. The quantitative estimate of drug-likeness (QED) is 0.221. The first kappa shape index (κ1) is 38.5. The Labute approximate surface area is 306 Å². The Morgan fingerprint density at radius 2 is 1.57 bits per heavy atom. The Hall–Kier alpha value is -2.22. The van der Waals surface area contributed by atoms with Crippen LogP contribution in [0.4, 0.5) is 0 Å². The maximum atomic E-state index is 14.1. The van der Waals surface area contributed by atoms with Gasteiger partial charge < -0.3 is 19.8 Å². The van der Waals surface area contributed by atoms with Crippen molar-refractivity contribution in [3.63, 3.8) is 0 Å². The van der Waals surface area contributed by atoms with Crippen molar-refractivity contribution < 1.29 is 34.1 Å². The third-order valence-electron chi connectivity index (χ3n) is 16.5. The molecule has 0 aliphatic heterocycles. The number of aliphatic hydroxyl groups excluding tert-OH is 1. The molecule has 0 radical (unpaired) electrons. The molecule has 6 rings (SSSR count). The minimum atomic E-state index is -1.17. The minimum absolute atomic E-state index is 0.00599. The molecule has 2 N–H and O–H groups in total. The topological polar surface area (TPSA) is 121 Å². The van der Waals surface area contributed by atoms with Gasteiger partial charge in [0.2, 0.25) is 5.91 Å². The zero-order valence-electron chi connectivity index (χ0n) is 33.3. The second-order valence-corrected chi connectivity index (χ2v) is 20.4. The molecule has 1 amide bonds. The molecule has 8 nitrogen and oxygen atoms in total. The lowest BCUT2D eigenvalue weighted by Gasteiger charge is -2.72. The van der Waals surface area contributed by atoms with Gasteiger partial charge in [-0.15, -0.1) is 0 Å². The van der Waals surface area contributed by atoms with Crippen molar-refractivity contribution in [3.8, 4) is 0 Å². The Morgan fingerprint density at radius 1 is 0.902 bits per heavy atom. The number of hydrogen-bond donors (Lipinski definition) is 2. The van der Waals surface area contributed by atoms with E-state index in [1.165, 1.54) is 5.57 Å². The van der Waals surface area contributed by atoms with E-state index in [1.54, 1.807) is 20.8 Å². The van der Waals surface area contributed by atoms with Crippen LogP contribution in [0.5, 0.6) is 0 Å². The van der Waals surface area contributed by atoms with Crippen molar-refractivity contribution in [2.45, 2.75) is 158 Å². The molecule has 51 heavy (non-hydrogen) atoms. The van der Waals surface area contributed by atoms with Gasteiger partial charge >= 0.3 is 11.9 Å². The molecular formula is C43H67NO7. The highest BCUT2D eigenvalue weighted by Gasteiger charge is 2.71. The van der Waals surface area contributed by atoms with E-state index in [2.05, 4.69) is 48.5 Å². The number of ether oxygens (including phenoxy) is 1. The van der Waals surface area contributed by atoms with E-state index in [-0.39, 0.29) is 57.7 Å². The molecule has 0 aromatic carbocycles. The Balaban J connectivity index is 1.29. The molecular weight excluding hydrogens is 642 g/mol. The molecule has 6 aliphatic rings. The Kier molecular flexibility index (Phi) is 9.58. The van der Waals surface area contributed by atoms with Gasteiger partial charge in [0.05, 0.1) is 17.9 Å². The molecule has 0 bridgehead atoms. The molecule has 286 valence electrons. The number of nitrogens with zero attached hydrogens (tertiary/aromatic N) is 1. The molecule has 0 saturated heterocycles. The van der Waals surface area contributed by atoms with Gasteiger partial charge in [-0.25, -0.2) is 0 Å². The molecule has 0 unspecified atom stereocenters. The molecule has 5 saturated carbocycles. The van der Waals surface area contributed by atoms with Gasteiger partial charge in [0.1, 0.15) is 6.10 Å². The highest BCUT2D eigenvalue weighted by molar-refractivity contribution is 6.00. The van der Waals surface area contributed by atoms with Crippen molar-refractivity contribution in [3.05, 3.63) is 11.1 Å². The smallest absolute Gasteiger partial charge is 0.309 e. The van der Waals surface area contributed by atoms with Crippen LogP contribution in [0.25, 0.3) is 0 Å². The minimum Gasteiger partial charge on any atom is -0.481 e. The van der Waals surface area contributed by atoms with E-state index in [0.717, 1.165) is 69.8 Å². The van der Waals surface area contributed by atoms with Crippen molar-refractivity contribution in [2.75, 3.05) is 13.1 Å². The zero-order chi connectivity index (χ0) is 37.7. The molecule has 0 aromatic rings. The van der Waals surface area contributed by atoms with E-state index < -0.39 is 28.9 Å². The fourth-order valence-electron chi connectivity index (χ4n) is 13.2. The van der Waals surface area contributed by atoms with Crippen LogP contribution in [0.15, 0.2) is 11.1 Å². The SMILES string of the molecule is CC(=O)N(CC1CC1)C[C@H](O)[C@@]12CC[C@]3(C)[C@H](CC[C@@H]4[C@@]5(C)CC[C@H](OC(=O)CC(C)(C)C(=O)O)C(C)(C)[C@@H]5CC[C@]43C)C1=C(C(C)C)C(=O)C2. The second-order valence-electron chi connectivity index (χ2n) is 20.4. The van der Waals surface area contributed by atoms with Crippen LogP contribution >= 0.6 is 0 Å². The maximum absolute atomic E-state index is 14.1. The van der Waals surface area contributed by atoms with Crippen LogP contribution in [0, 0.1) is 62.1 Å². The molecule has 5 fully saturated rings. The van der Waals surface area contributed by atoms with E-state index in [4.69, 9.17) is 4.74 Å². The van der Waals surface area contributed by atoms with E-state index in [0.29, 0.717) is 37.3 Å². The van der Waals surface area contributed by atoms with Gasteiger partial charge in [0.25, 0.3) is 0 Å². The number of carbonyl (C=O) groups is 4. The molecule has 8 heteroatoms. The highest BCUT2D eigenvalue weighted by Crippen LogP contribution is 2.77. The average Bonchev–Trinajstić information content (AvgIpc) is 3.77. The number of hydrogen-bond acceptors (Lipinski definition) is 6. The number of allylic oxidation sites excluding steroid dienone is 1. The average molecular weight is 710 g/mol. The van der Waals surface area contributed by atoms with Crippen LogP contribution in [-0.4, -0.2) is 64.0 Å². The third-order valence-corrected chi connectivity index (χ3v) is 16.5. The number of aliphatic hydroxyl groups is 1. The number of esters is 1. The van der Waals surface area contributed by atoms with Gasteiger partial charge in [-0.1, -0.05) is 54.0 Å². The summed E-state index contributed by atoms with van der Waals surface area (Å²) in [7, 11) is 0. The number of amides is 1. The van der Waals surface area contributed by atoms with Crippen LogP contribution in [0.2, 0.25) is 0 Å². The van der Waals surface area contributed by atoms with Crippen molar-refractivity contribution in [1.29, 1.82) is 0 Å². The summed E-state index contributed by atoms with van der Waals surface area (Å²) in [4.78, 5) is 53.5. The van der Waals surface area contributed by atoms with Gasteiger partial charge in [-0.3, -0.25) is 19.2 Å². The summed E-state index contributed by atoms with van der Waals surface area (Å²) >= 11 is 0. The van der Waals surface area contributed by atoms with Crippen molar-refractivity contribution in [1.82, 2.24) is 4.90 Å². The summed E-state index contributed by atoms with van der Waals surface area (Å²) in [5.74, 6) is 0.430. The van der Waals surface area contributed by atoms with Crippen molar-refractivity contribution >= 4 is 23.6 Å². The number of rotatable bonds is 10. The standard InChI is InChI=1S/C43H67NO7/c1-25(2)35-29(46)21-43(32(47)24-44(26(3)45)23-27-11-12-27)20-19-41(9)28(36(35)43)13-14-31-40(8)17-16-33(51-34(48)22-38(4,5)37(49)50)39(6,7)30(40)15-18-42(31,41)10/h25,27-28,30-33,47H,11-24H2,1-10H3,(H,49,50)/t28-,30+,31-,32+,33+,40+,41-,42-,43+/m1/s1. The predicted octanol–water partition coefficient (Wildman–Crippen LogP) is 8.00. The number of fused-ring (bicyclic) bond motifs is 7. The number of carboxylic acid groups (broad SMARTS) is 1. The van der Waals surface area contributed by atoms with E-state index >= 15 is 0 Å². The summed E-state index contributed by atoms with van der Waals surface area (Å²) < 4.78 is 6.16. The second kappa shape index (κ2) is 12.7. The first-order valence-electron chi connectivity index (χ1n) is 20.2. The lowest BCUT2D eigenvalue weighted by Crippen LogP contribution is -2.66. The number of aliphatic carboxylic acids is 1. The fraction of sp³-hybridized carbons (Fsp3) is 0.860. The predicted molar refractivity (Wildman–Crippen MR) is 196 cm³/mol. The summed E-state index contributed by atoms with van der Waals surface area (Å²) in [6, 6.07) is 0. The van der Waals surface area contributed by atoms with E-state index in [9.17, 15) is 29.4 Å². The normalized spacial score (nSPS) is 39.4. The first-order valence-corrected chi connectivity index (χ1v) is 20.2. The van der Waals surface area contributed by atoms with Crippen molar-refractivity contribution in [2.24, 2.45) is 62.1 Å². The Bertz CT molecular complexity index is 1490. The van der Waals surface area contributed by atoms with Crippen LogP contribution in [0.1, 0.15) is 146 Å². The summed E-state index contributed by atoms with van der Waals surface area (Å²) in [6.45, 7) is 22.1. The zero-order valence-corrected chi connectivity index (χ0v) is 33.3. The largest absolute Gasteiger partial charge is 0.481 e. The van der Waals surface area contributed by atoms with E-state index in [1.807, 2.05) is 4.90 Å². The number of Topliss-reactive ketones (excluding diaryl/α,β-unsaturated/α-hetero) is 1. The van der Waals surface area contributed by atoms with Crippen LogP contribution in [-0.2, 0) is 23.9 Å². The third kappa shape index (κ3) is 5.95. The highest BCUT2D eigenvalue weighted by atomic mass is 16.5. The Morgan fingerprint density at radius 3 is 2.16 bits per heavy atom. The summed E-state index contributed by atoms with van der Waals surface area (Å²) in [5, 5.41) is 21.9. The molecule has 0 spiro atoms. The maximum Gasteiger partial charge on any atom is 0.309 e. The lowest BCUT2D eigenvalue weighted by molar-refractivity contribution is -0.235. The first-order chi connectivity index (χ1) is 23.5. The number of ketones is 1. The van der Waals surface area contributed by atoms with Crippen LogP contribution < -0.4 is 0 Å². The van der Waals surface area contributed by atoms with Gasteiger partial charge in [-0.05, 0) is 129 Å². The van der Waals surface area contributed by atoms with Gasteiger partial charge in [0, 0.05) is 37.3 Å². The summed E-state index contributed by atoms with van der Waals surface area (Å²) in [5.41, 5.74) is 0.198. The van der Waals surface area contributed by atoms with Gasteiger partial charge in [0.15, 0.2) is 5.78 Å². The molecule has 0 heterocycles. The summed E-state index contributed by atoms with van der Waals surface area (Å²) in [6.07, 6.45) is 9.09. The van der Waals surface area contributed by atoms with Gasteiger partial charge in [-0.2, -0.15) is 0 Å². The lowest BCUT2D eigenvalue weighted by atomic mass is 9.33. The van der Waals surface area contributed by atoms with Crippen LogP contribution in [0.3, 0.4) is 0 Å². The molecule has 9 atom stereocenters.